The van der Waals surface area contributed by atoms with Crippen molar-refractivity contribution in [1.29, 1.82) is 0 Å². The lowest BCUT2D eigenvalue weighted by Crippen LogP contribution is -2.08. The van der Waals surface area contributed by atoms with E-state index in [1.54, 1.807) is 0 Å². The molecule has 74 valence electrons. The Labute approximate surface area is 85.4 Å². The molecule has 6 heteroatoms. The summed E-state index contributed by atoms with van der Waals surface area (Å²) in [6.45, 7) is 3.47. The SMILES string of the molecule is C=CC(N)c1cc([N+](=O)[O-])cnc1Cl. The number of pyridine rings is 1. The summed E-state index contributed by atoms with van der Waals surface area (Å²) in [5.41, 5.74) is 5.86. The van der Waals surface area contributed by atoms with Gasteiger partial charge in [-0.25, -0.2) is 4.98 Å². The molecule has 0 saturated heterocycles. The van der Waals surface area contributed by atoms with Crippen LogP contribution in [0.3, 0.4) is 0 Å². The summed E-state index contributed by atoms with van der Waals surface area (Å²) in [6.07, 6.45) is 2.52. The summed E-state index contributed by atoms with van der Waals surface area (Å²) in [5, 5.41) is 10.6. The maximum absolute atomic E-state index is 10.4. The third-order valence-corrected chi connectivity index (χ3v) is 1.99. The maximum Gasteiger partial charge on any atom is 0.288 e. The number of halogens is 1. The lowest BCUT2D eigenvalue weighted by molar-refractivity contribution is -0.385. The highest BCUT2D eigenvalue weighted by Gasteiger charge is 2.14. The summed E-state index contributed by atoms with van der Waals surface area (Å²) in [6, 6.07) is 0.747. The summed E-state index contributed by atoms with van der Waals surface area (Å²) >= 11 is 5.71. The molecule has 1 unspecified atom stereocenters. The van der Waals surface area contributed by atoms with Crippen LogP contribution in [-0.4, -0.2) is 9.91 Å². The number of hydrogen-bond acceptors (Lipinski definition) is 4. The molecule has 1 heterocycles. The minimum absolute atomic E-state index is 0.137. The first-order valence-electron chi connectivity index (χ1n) is 3.74. The first kappa shape index (κ1) is 10.6. The number of nitrogens with two attached hydrogens (primary N) is 1. The summed E-state index contributed by atoms with van der Waals surface area (Å²) in [5.74, 6) is 0. The molecule has 0 aliphatic rings. The molecule has 0 aliphatic carbocycles. The highest BCUT2D eigenvalue weighted by Crippen LogP contribution is 2.23. The van der Waals surface area contributed by atoms with Crippen molar-refractivity contribution in [2.45, 2.75) is 6.04 Å². The van der Waals surface area contributed by atoms with Crippen LogP contribution in [0, 0.1) is 10.1 Å². The van der Waals surface area contributed by atoms with E-state index in [-0.39, 0.29) is 10.8 Å². The van der Waals surface area contributed by atoms with Gasteiger partial charge >= 0.3 is 0 Å². The van der Waals surface area contributed by atoms with Crippen molar-refractivity contribution in [2.75, 3.05) is 0 Å². The van der Waals surface area contributed by atoms with Crippen LogP contribution in [0.5, 0.6) is 0 Å². The van der Waals surface area contributed by atoms with E-state index in [4.69, 9.17) is 17.3 Å². The minimum atomic E-state index is -0.553. The van der Waals surface area contributed by atoms with E-state index in [9.17, 15) is 10.1 Å². The van der Waals surface area contributed by atoms with Crippen LogP contribution < -0.4 is 5.73 Å². The van der Waals surface area contributed by atoms with Gasteiger partial charge in [-0.2, -0.15) is 0 Å². The quantitative estimate of drug-likeness (QED) is 0.359. The molecule has 0 aliphatic heterocycles. The van der Waals surface area contributed by atoms with Gasteiger partial charge in [0.1, 0.15) is 11.3 Å². The van der Waals surface area contributed by atoms with Gasteiger partial charge in [0.05, 0.1) is 11.0 Å². The van der Waals surface area contributed by atoms with Crippen LogP contribution >= 0.6 is 11.6 Å². The Morgan fingerprint density at radius 2 is 2.43 bits per heavy atom. The van der Waals surface area contributed by atoms with E-state index in [1.165, 1.54) is 12.1 Å². The fraction of sp³-hybridized carbons (Fsp3) is 0.125. The number of nitrogens with zero attached hydrogens (tertiary/aromatic N) is 2. The largest absolute Gasteiger partial charge is 0.321 e. The smallest absolute Gasteiger partial charge is 0.288 e. The van der Waals surface area contributed by atoms with E-state index in [0.717, 1.165) is 6.20 Å². The van der Waals surface area contributed by atoms with Crippen molar-refractivity contribution >= 4 is 17.3 Å². The Bertz CT molecular complexity index is 381. The van der Waals surface area contributed by atoms with Crippen LogP contribution in [0.4, 0.5) is 5.69 Å². The van der Waals surface area contributed by atoms with Gasteiger partial charge in [0, 0.05) is 11.6 Å². The third kappa shape index (κ3) is 2.07. The standard InChI is InChI=1S/C8H8ClN3O2/c1-2-7(10)6-3-5(12(13)14)4-11-8(6)9/h2-4,7H,1,10H2. The lowest BCUT2D eigenvalue weighted by atomic mass is 10.1. The van der Waals surface area contributed by atoms with Crippen molar-refractivity contribution in [2.24, 2.45) is 5.73 Å². The van der Waals surface area contributed by atoms with Crippen molar-refractivity contribution < 1.29 is 4.92 Å². The Morgan fingerprint density at radius 1 is 1.79 bits per heavy atom. The predicted molar refractivity (Wildman–Crippen MR) is 53.0 cm³/mol. The van der Waals surface area contributed by atoms with Crippen LogP contribution in [0.1, 0.15) is 11.6 Å². The highest BCUT2D eigenvalue weighted by molar-refractivity contribution is 6.30. The molecular weight excluding hydrogens is 206 g/mol. The third-order valence-electron chi connectivity index (χ3n) is 1.68. The fourth-order valence-corrected chi connectivity index (χ4v) is 1.14. The first-order chi connectivity index (χ1) is 6.56. The Hall–Kier alpha value is -1.46. The van der Waals surface area contributed by atoms with E-state index in [1.807, 2.05) is 0 Å². The topological polar surface area (TPSA) is 82.0 Å². The van der Waals surface area contributed by atoms with Crippen LogP contribution in [0.2, 0.25) is 5.15 Å². The van der Waals surface area contributed by atoms with Crippen molar-refractivity contribution in [3.63, 3.8) is 0 Å². The second-order valence-electron chi connectivity index (χ2n) is 2.59. The maximum atomic E-state index is 10.4. The lowest BCUT2D eigenvalue weighted by Gasteiger charge is -2.06. The van der Waals surface area contributed by atoms with Gasteiger partial charge in [0.15, 0.2) is 0 Å². The molecule has 0 amide bonds. The van der Waals surface area contributed by atoms with E-state index in [0.29, 0.717) is 5.56 Å². The number of rotatable bonds is 3. The van der Waals surface area contributed by atoms with Crippen molar-refractivity contribution in [3.8, 4) is 0 Å². The molecule has 0 saturated carbocycles. The molecule has 1 atom stereocenters. The molecule has 2 N–H and O–H groups in total. The monoisotopic (exact) mass is 213 g/mol. The van der Waals surface area contributed by atoms with Gasteiger partial charge in [-0.05, 0) is 0 Å². The molecule has 5 nitrogen and oxygen atoms in total. The van der Waals surface area contributed by atoms with E-state index < -0.39 is 11.0 Å². The van der Waals surface area contributed by atoms with Gasteiger partial charge in [-0.15, -0.1) is 6.58 Å². The van der Waals surface area contributed by atoms with E-state index >= 15 is 0 Å². The summed E-state index contributed by atoms with van der Waals surface area (Å²) < 4.78 is 0. The van der Waals surface area contributed by atoms with Gasteiger partial charge in [0.2, 0.25) is 0 Å². The molecular formula is C8H8ClN3O2. The normalized spacial score (nSPS) is 12.1. The fourth-order valence-electron chi connectivity index (χ4n) is 0.914. The minimum Gasteiger partial charge on any atom is -0.321 e. The van der Waals surface area contributed by atoms with Gasteiger partial charge in [0.25, 0.3) is 5.69 Å². The average molecular weight is 214 g/mol. The Morgan fingerprint density at radius 3 is 2.93 bits per heavy atom. The molecule has 1 rings (SSSR count). The molecule has 0 fully saturated rings. The number of nitro groups is 1. The summed E-state index contributed by atoms with van der Waals surface area (Å²) in [4.78, 5) is 13.5. The zero-order valence-electron chi connectivity index (χ0n) is 7.18. The predicted octanol–water partition coefficient (Wildman–Crippen LogP) is 1.83. The Kier molecular flexibility index (Phi) is 3.16. The summed E-state index contributed by atoms with van der Waals surface area (Å²) in [7, 11) is 0. The second kappa shape index (κ2) is 4.17. The number of hydrogen-bond donors (Lipinski definition) is 1. The molecule has 14 heavy (non-hydrogen) atoms. The number of aromatic nitrogens is 1. The average Bonchev–Trinajstić information content (AvgIpc) is 2.17. The van der Waals surface area contributed by atoms with Crippen molar-refractivity contribution in [3.05, 3.63) is 45.7 Å². The van der Waals surface area contributed by atoms with Gasteiger partial charge in [-0.1, -0.05) is 17.7 Å². The first-order valence-corrected chi connectivity index (χ1v) is 4.12. The molecule has 0 radical (unpaired) electrons. The van der Waals surface area contributed by atoms with E-state index in [2.05, 4.69) is 11.6 Å². The zero-order valence-corrected chi connectivity index (χ0v) is 7.94. The van der Waals surface area contributed by atoms with Crippen LogP contribution in [0.25, 0.3) is 0 Å². The molecule has 0 bridgehead atoms. The molecule has 1 aromatic heterocycles. The second-order valence-corrected chi connectivity index (χ2v) is 2.95. The van der Waals surface area contributed by atoms with Gasteiger partial charge < -0.3 is 5.73 Å². The molecule has 0 spiro atoms. The molecule has 0 aromatic carbocycles. The van der Waals surface area contributed by atoms with Crippen LogP contribution in [-0.2, 0) is 0 Å². The Balaban J connectivity index is 3.20. The van der Waals surface area contributed by atoms with Gasteiger partial charge in [-0.3, -0.25) is 10.1 Å². The van der Waals surface area contributed by atoms with Crippen molar-refractivity contribution in [1.82, 2.24) is 4.98 Å². The zero-order chi connectivity index (χ0) is 10.7. The molecule has 1 aromatic rings. The van der Waals surface area contributed by atoms with Crippen LogP contribution in [0.15, 0.2) is 24.9 Å². The highest BCUT2D eigenvalue weighted by atomic mass is 35.5.